The molecule has 0 heterocycles. The number of nitrogens with one attached hydrogen (secondary N) is 1. The van der Waals surface area contributed by atoms with E-state index < -0.39 is 0 Å². The number of hydrogen-bond donors (Lipinski definition) is 1. The molecular formula is C8H15NO. The average Bonchev–Trinajstić information content (AvgIpc) is 1.85. The molecule has 0 aromatic rings. The fraction of sp³-hybridized carbons (Fsp3) is 0.875. The summed E-state index contributed by atoms with van der Waals surface area (Å²) in [6.45, 7) is 2.19. The van der Waals surface area contributed by atoms with E-state index in [0.717, 1.165) is 18.8 Å². The van der Waals surface area contributed by atoms with E-state index in [0.29, 0.717) is 5.92 Å². The molecule has 0 aliphatic heterocycles. The molecule has 1 saturated carbocycles. The SMILES string of the molecule is CCC1CC(C(=O)NC)C1. The van der Waals surface area contributed by atoms with Crippen LogP contribution in [-0.2, 0) is 4.79 Å². The number of carbonyl (C=O) groups excluding carboxylic acids is 1. The highest BCUT2D eigenvalue weighted by Gasteiger charge is 2.32. The van der Waals surface area contributed by atoms with Gasteiger partial charge in [0, 0.05) is 13.0 Å². The zero-order chi connectivity index (χ0) is 7.56. The highest BCUT2D eigenvalue weighted by atomic mass is 16.1. The average molecular weight is 141 g/mol. The molecule has 1 rings (SSSR count). The van der Waals surface area contributed by atoms with Gasteiger partial charge in [-0.05, 0) is 18.8 Å². The Bertz CT molecular complexity index is 127. The van der Waals surface area contributed by atoms with Crippen LogP contribution in [0.25, 0.3) is 0 Å². The van der Waals surface area contributed by atoms with Crippen LogP contribution in [0.15, 0.2) is 0 Å². The smallest absolute Gasteiger partial charge is 0.222 e. The van der Waals surface area contributed by atoms with Gasteiger partial charge in [0.1, 0.15) is 0 Å². The van der Waals surface area contributed by atoms with Gasteiger partial charge in [0.15, 0.2) is 0 Å². The zero-order valence-corrected chi connectivity index (χ0v) is 6.68. The lowest BCUT2D eigenvalue weighted by atomic mass is 9.73. The van der Waals surface area contributed by atoms with Crippen LogP contribution in [-0.4, -0.2) is 13.0 Å². The Kier molecular flexibility index (Phi) is 2.30. The molecule has 2 nitrogen and oxygen atoms in total. The first-order valence-corrected chi connectivity index (χ1v) is 3.99. The van der Waals surface area contributed by atoms with Crippen LogP contribution >= 0.6 is 0 Å². The summed E-state index contributed by atoms with van der Waals surface area (Å²) >= 11 is 0. The Balaban J connectivity index is 2.19. The van der Waals surface area contributed by atoms with Crippen molar-refractivity contribution in [2.24, 2.45) is 11.8 Å². The Morgan fingerprint density at radius 1 is 1.60 bits per heavy atom. The summed E-state index contributed by atoms with van der Waals surface area (Å²) in [7, 11) is 1.71. The van der Waals surface area contributed by atoms with Gasteiger partial charge in [-0.15, -0.1) is 0 Å². The Morgan fingerprint density at radius 2 is 2.20 bits per heavy atom. The minimum Gasteiger partial charge on any atom is -0.359 e. The van der Waals surface area contributed by atoms with Crippen molar-refractivity contribution < 1.29 is 4.79 Å². The molecule has 10 heavy (non-hydrogen) atoms. The second-order valence-corrected chi connectivity index (χ2v) is 3.06. The van der Waals surface area contributed by atoms with Crippen molar-refractivity contribution in [3.8, 4) is 0 Å². The normalized spacial score (nSPS) is 31.0. The van der Waals surface area contributed by atoms with Gasteiger partial charge in [-0.3, -0.25) is 4.79 Å². The van der Waals surface area contributed by atoms with Crippen molar-refractivity contribution in [1.82, 2.24) is 5.32 Å². The van der Waals surface area contributed by atoms with Crippen LogP contribution in [0.2, 0.25) is 0 Å². The summed E-state index contributed by atoms with van der Waals surface area (Å²) in [5.74, 6) is 1.38. The van der Waals surface area contributed by atoms with E-state index in [4.69, 9.17) is 0 Å². The summed E-state index contributed by atoms with van der Waals surface area (Å²) in [5, 5.41) is 2.67. The largest absolute Gasteiger partial charge is 0.359 e. The predicted octanol–water partition coefficient (Wildman–Crippen LogP) is 1.17. The van der Waals surface area contributed by atoms with Crippen molar-refractivity contribution in [2.75, 3.05) is 7.05 Å². The molecule has 0 saturated heterocycles. The molecule has 2 heteroatoms. The molecule has 1 amide bonds. The maximum atomic E-state index is 10.9. The van der Waals surface area contributed by atoms with Crippen LogP contribution in [0.1, 0.15) is 26.2 Å². The number of amides is 1. The maximum Gasteiger partial charge on any atom is 0.222 e. The van der Waals surface area contributed by atoms with E-state index in [1.165, 1.54) is 6.42 Å². The van der Waals surface area contributed by atoms with Gasteiger partial charge < -0.3 is 5.32 Å². The second kappa shape index (κ2) is 3.04. The van der Waals surface area contributed by atoms with Crippen molar-refractivity contribution >= 4 is 5.91 Å². The Labute approximate surface area is 62.0 Å². The summed E-state index contributed by atoms with van der Waals surface area (Å²) in [6.07, 6.45) is 3.44. The van der Waals surface area contributed by atoms with Gasteiger partial charge in [-0.1, -0.05) is 13.3 Å². The highest BCUT2D eigenvalue weighted by Crippen LogP contribution is 2.35. The molecular weight excluding hydrogens is 126 g/mol. The molecule has 0 aromatic carbocycles. The third kappa shape index (κ3) is 1.31. The highest BCUT2D eigenvalue weighted by molar-refractivity contribution is 5.79. The molecule has 1 fully saturated rings. The van der Waals surface area contributed by atoms with Crippen molar-refractivity contribution in [3.63, 3.8) is 0 Å². The maximum absolute atomic E-state index is 10.9. The van der Waals surface area contributed by atoms with Gasteiger partial charge in [-0.25, -0.2) is 0 Å². The fourth-order valence-electron chi connectivity index (χ4n) is 1.49. The molecule has 1 aliphatic rings. The molecule has 0 aromatic heterocycles. The van der Waals surface area contributed by atoms with Crippen LogP contribution in [0.5, 0.6) is 0 Å². The van der Waals surface area contributed by atoms with Crippen molar-refractivity contribution in [2.45, 2.75) is 26.2 Å². The van der Waals surface area contributed by atoms with Gasteiger partial charge in [-0.2, -0.15) is 0 Å². The molecule has 58 valence electrons. The van der Waals surface area contributed by atoms with E-state index in [2.05, 4.69) is 12.2 Å². The van der Waals surface area contributed by atoms with E-state index >= 15 is 0 Å². The lowest BCUT2D eigenvalue weighted by molar-refractivity contribution is -0.128. The van der Waals surface area contributed by atoms with Crippen molar-refractivity contribution in [1.29, 1.82) is 0 Å². The predicted molar refractivity (Wildman–Crippen MR) is 40.6 cm³/mol. The fourth-order valence-corrected chi connectivity index (χ4v) is 1.49. The third-order valence-electron chi connectivity index (χ3n) is 2.43. The lowest BCUT2D eigenvalue weighted by Crippen LogP contribution is -2.36. The lowest BCUT2D eigenvalue weighted by Gasteiger charge is -2.32. The van der Waals surface area contributed by atoms with Crippen LogP contribution < -0.4 is 5.32 Å². The quantitative estimate of drug-likeness (QED) is 0.614. The van der Waals surface area contributed by atoms with Crippen LogP contribution in [0, 0.1) is 11.8 Å². The molecule has 0 unspecified atom stereocenters. The topological polar surface area (TPSA) is 29.1 Å². The van der Waals surface area contributed by atoms with E-state index in [1.807, 2.05) is 0 Å². The third-order valence-corrected chi connectivity index (χ3v) is 2.43. The summed E-state index contributed by atoms with van der Waals surface area (Å²) in [5.41, 5.74) is 0. The van der Waals surface area contributed by atoms with Gasteiger partial charge in [0.05, 0.1) is 0 Å². The molecule has 1 aliphatic carbocycles. The van der Waals surface area contributed by atoms with Gasteiger partial charge >= 0.3 is 0 Å². The monoisotopic (exact) mass is 141 g/mol. The van der Waals surface area contributed by atoms with E-state index in [9.17, 15) is 4.79 Å². The summed E-state index contributed by atoms with van der Waals surface area (Å²) in [6, 6.07) is 0. The van der Waals surface area contributed by atoms with Crippen molar-refractivity contribution in [3.05, 3.63) is 0 Å². The first-order valence-electron chi connectivity index (χ1n) is 3.99. The molecule has 0 bridgehead atoms. The van der Waals surface area contributed by atoms with Crippen LogP contribution in [0.3, 0.4) is 0 Å². The summed E-state index contributed by atoms with van der Waals surface area (Å²) < 4.78 is 0. The number of hydrogen-bond acceptors (Lipinski definition) is 1. The molecule has 1 N–H and O–H groups in total. The van der Waals surface area contributed by atoms with Crippen LogP contribution in [0.4, 0.5) is 0 Å². The molecule has 0 atom stereocenters. The van der Waals surface area contributed by atoms with Gasteiger partial charge in [0.25, 0.3) is 0 Å². The first-order chi connectivity index (χ1) is 4.77. The summed E-state index contributed by atoms with van der Waals surface area (Å²) in [4.78, 5) is 10.9. The zero-order valence-electron chi connectivity index (χ0n) is 6.68. The van der Waals surface area contributed by atoms with E-state index in [1.54, 1.807) is 7.05 Å². The number of carbonyl (C=O) groups is 1. The minimum atomic E-state index is 0.227. The molecule has 0 spiro atoms. The second-order valence-electron chi connectivity index (χ2n) is 3.06. The van der Waals surface area contributed by atoms with Gasteiger partial charge in [0.2, 0.25) is 5.91 Å². The van der Waals surface area contributed by atoms with E-state index in [-0.39, 0.29) is 5.91 Å². The Hall–Kier alpha value is -0.530. The standard InChI is InChI=1S/C8H15NO/c1-3-6-4-7(5-6)8(10)9-2/h6-7H,3-5H2,1-2H3,(H,9,10). The molecule has 0 radical (unpaired) electrons. The Morgan fingerprint density at radius 3 is 2.60 bits per heavy atom. The first kappa shape index (κ1) is 7.58. The number of rotatable bonds is 2. The minimum absolute atomic E-state index is 0.227.